The third-order valence-electron chi connectivity index (χ3n) is 5.29. The number of carbonyl (C=O) groups excluding carboxylic acids is 2. The fourth-order valence-corrected chi connectivity index (χ4v) is 3.89. The highest BCUT2D eigenvalue weighted by Gasteiger charge is 2.24. The van der Waals surface area contributed by atoms with Crippen molar-refractivity contribution in [3.05, 3.63) is 35.7 Å². The Labute approximate surface area is 184 Å². The summed E-state index contributed by atoms with van der Waals surface area (Å²) in [5.41, 5.74) is 1.53. The minimum absolute atomic E-state index is 0.0385. The van der Waals surface area contributed by atoms with E-state index in [1.165, 1.54) is 7.11 Å². The van der Waals surface area contributed by atoms with Gasteiger partial charge in [0.15, 0.2) is 5.82 Å². The van der Waals surface area contributed by atoms with Crippen LogP contribution in [-0.2, 0) is 14.3 Å². The van der Waals surface area contributed by atoms with E-state index in [0.29, 0.717) is 29.8 Å². The number of amides is 1. The number of anilines is 1. The average Bonchev–Trinajstić information content (AvgIpc) is 3.20. The largest absolute Gasteiger partial charge is 0.469 e. The van der Waals surface area contributed by atoms with E-state index in [9.17, 15) is 9.59 Å². The average molecular weight is 443 g/mol. The number of hydrogen-bond donors (Lipinski definition) is 2. The van der Waals surface area contributed by atoms with E-state index in [2.05, 4.69) is 30.0 Å². The molecule has 4 heterocycles. The fourth-order valence-electron chi connectivity index (χ4n) is 3.73. The van der Waals surface area contributed by atoms with Crippen molar-refractivity contribution in [1.29, 1.82) is 0 Å². The van der Waals surface area contributed by atoms with Crippen LogP contribution in [0.1, 0.15) is 25.7 Å². The van der Waals surface area contributed by atoms with Crippen LogP contribution in [0.25, 0.3) is 22.4 Å². The lowest BCUT2D eigenvalue weighted by molar-refractivity contribution is -0.143. The van der Waals surface area contributed by atoms with Gasteiger partial charge in [0.2, 0.25) is 5.91 Å². The van der Waals surface area contributed by atoms with Gasteiger partial charge in [0.05, 0.1) is 18.6 Å². The highest BCUT2D eigenvalue weighted by atomic mass is 35.5. The van der Waals surface area contributed by atoms with Gasteiger partial charge in [0, 0.05) is 55.1 Å². The molecule has 162 valence electrons. The molecular weight excluding hydrogens is 420 g/mol. The summed E-state index contributed by atoms with van der Waals surface area (Å²) in [6, 6.07) is 3.71. The van der Waals surface area contributed by atoms with E-state index < -0.39 is 0 Å². The van der Waals surface area contributed by atoms with Crippen LogP contribution in [0, 0.1) is 0 Å². The standard InChI is InChI=1S/C21H23ClN6O3/c1-31-19(30)5-4-18(29)28-8-2-3-14(12-28)26-17-6-7-23-21(27-17)16-11-25-20-15(16)9-13(22)10-24-20/h6-7,9-11,14H,2-5,8,12H2,1H3,(H,24,25)(H,23,26,27). The molecule has 10 heteroatoms. The number of nitrogens with one attached hydrogen (secondary N) is 2. The van der Waals surface area contributed by atoms with E-state index >= 15 is 0 Å². The summed E-state index contributed by atoms with van der Waals surface area (Å²) < 4.78 is 4.61. The summed E-state index contributed by atoms with van der Waals surface area (Å²) in [5, 5.41) is 4.81. The molecule has 2 N–H and O–H groups in total. The Bertz CT molecular complexity index is 1100. The van der Waals surface area contributed by atoms with Gasteiger partial charge in [-0.3, -0.25) is 9.59 Å². The molecule has 0 radical (unpaired) electrons. The Morgan fingerprint density at radius 1 is 1.35 bits per heavy atom. The third-order valence-corrected chi connectivity index (χ3v) is 5.50. The van der Waals surface area contributed by atoms with Gasteiger partial charge in [-0.25, -0.2) is 15.0 Å². The Morgan fingerprint density at radius 2 is 2.23 bits per heavy atom. The van der Waals surface area contributed by atoms with E-state index in [1.54, 1.807) is 17.3 Å². The number of likely N-dealkylation sites (tertiary alicyclic amines) is 1. The first-order valence-electron chi connectivity index (χ1n) is 10.1. The first-order chi connectivity index (χ1) is 15.0. The number of pyridine rings is 1. The smallest absolute Gasteiger partial charge is 0.306 e. The molecular formula is C21H23ClN6O3. The molecule has 1 amide bonds. The lowest BCUT2D eigenvalue weighted by Crippen LogP contribution is -2.45. The van der Waals surface area contributed by atoms with Gasteiger partial charge in [-0.15, -0.1) is 0 Å². The summed E-state index contributed by atoms with van der Waals surface area (Å²) in [7, 11) is 1.32. The maximum absolute atomic E-state index is 12.4. The van der Waals surface area contributed by atoms with Crippen LogP contribution >= 0.6 is 11.6 Å². The molecule has 9 nitrogen and oxygen atoms in total. The molecule has 3 aromatic heterocycles. The van der Waals surface area contributed by atoms with Crippen molar-refractivity contribution in [2.45, 2.75) is 31.7 Å². The van der Waals surface area contributed by atoms with E-state index in [0.717, 1.165) is 29.4 Å². The third kappa shape index (κ3) is 4.93. The van der Waals surface area contributed by atoms with Crippen molar-refractivity contribution in [3.8, 4) is 11.4 Å². The van der Waals surface area contributed by atoms with Crippen LogP contribution in [0.2, 0.25) is 5.02 Å². The molecule has 0 saturated carbocycles. The Kier molecular flexibility index (Phi) is 6.31. The van der Waals surface area contributed by atoms with Crippen molar-refractivity contribution in [2.24, 2.45) is 0 Å². The lowest BCUT2D eigenvalue weighted by Gasteiger charge is -2.33. The molecule has 1 fully saturated rings. The number of ether oxygens (including phenoxy) is 1. The molecule has 0 aliphatic carbocycles. The highest BCUT2D eigenvalue weighted by Crippen LogP contribution is 2.27. The zero-order chi connectivity index (χ0) is 21.8. The molecule has 1 aliphatic heterocycles. The minimum atomic E-state index is -0.373. The quantitative estimate of drug-likeness (QED) is 0.564. The van der Waals surface area contributed by atoms with Gasteiger partial charge in [-0.1, -0.05) is 11.6 Å². The zero-order valence-corrected chi connectivity index (χ0v) is 17.9. The first kappa shape index (κ1) is 21.0. The van der Waals surface area contributed by atoms with Crippen LogP contribution in [0.4, 0.5) is 5.82 Å². The molecule has 31 heavy (non-hydrogen) atoms. The molecule has 1 unspecified atom stereocenters. The molecule has 1 aliphatic rings. The minimum Gasteiger partial charge on any atom is -0.469 e. The molecule has 0 aromatic carbocycles. The van der Waals surface area contributed by atoms with Crippen LogP contribution in [0.3, 0.4) is 0 Å². The van der Waals surface area contributed by atoms with Crippen molar-refractivity contribution in [3.63, 3.8) is 0 Å². The van der Waals surface area contributed by atoms with Crippen LogP contribution in [0.5, 0.6) is 0 Å². The Hall–Kier alpha value is -3.20. The second kappa shape index (κ2) is 9.30. The van der Waals surface area contributed by atoms with E-state index in [4.69, 9.17) is 11.6 Å². The summed E-state index contributed by atoms with van der Waals surface area (Å²) in [4.78, 5) is 41.9. The number of halogens is 1. The molecule has 3 aromatic rings. The summed E-state index contributed by atoms with van der Waals surface area (Å²) >= 11 is 6.09. The normalized spacial score (nSPS) is 16.3. The van der Waals surface area contributed by atoms with Gasteiger partial charge in [0.1, 0.15) is 11.5 Å². The zero-order valence-electron chi connectivity index (χ0n) is 17.1. The Balaban J connectivity index is 1.44. The van der Waals surface area contributed by atoms with Crippen molar-refractivity contribution in [1.82, 2.24) is 24.8 Å². The van der Waals surface area contributed by atoms with E-state index in [1.807, 2.05) is 18.3 Å². The van der Waals surface area contributed by atoms with Crippen molar-refractivity contribution >= 4 is 40.3 Å². The highest BCUT2D eigenvalue weighted by molar-refractivity contribution is 6.31. The second-order valence-electron chi connectivity index (χ2n) is 7.42. The molecule has 1 atom stereocenters. The fraction of sp³-hybridized carbons (Fsp3) is 0.381. The molecule has 0 spiro atoms. The van der Waals surface area contributed by atoms with Crippen molar-refractivity contribution in [2.75, 3.05) is 25.5 Å². The predicted molar refractivity (Wildman–Crippen MR) is 117 cm³/mol. The number of fused-ring (bicyclic) bond motifs is 1. The number of methoxy groups -OCH3 is 1. The number of H-pyrrole nitrogens is 1. The van der Waals surface area contributed by atoms with E-state index in [-0.39, 0.29) is 30.8 Å². The van der Waals surface area contributed by atoms with Crippen LogP contribution < -0.4 is 5.32 Å². The summed E-state index contributed by atoms with van der Waals surface area (Å²) in [6.45, 7) is 1.25. The van der Waals surface area contributed by atoms with Crippen molar-refractivity contribution < 1.29 is 14.3 Å². The first-order valence-corrected chi connectivity index (χ1v) is 10.5. The number of piperidine rings is 1. The molecule has 1 saturated heterocycles. The Morgan fingerprint density at radius 3 is 3.06 bits per heavy atom. The summed E-state index contributed by atoms with van der Waals surface area (Å²) in [6.07, 6.45) is 7.17. The van der Waals surface area contributed by atoms with Gasteiger partial charge >= 0.3 is 5.97 Å². The lowest BCUT2D eigenvalue weighted by atomic mass is 10.0. The van der Waals surface area contributed by atoms with Crippen LogP contribution in [0.15, 0.2) is 30.7 Å². The van der Waals surface area contributed by atoms with Gasteiger partial charge in [-0.2, -0.15) is 0 Å². The topological polar surface area (TPSA) is 113 Å². The maximum atomic E-state index is 12.4. The maximum Gasteiger partial charge on any atom is 0.306 e. The van der Waals surface area contributed by atoms with Gasteiger partial charge < -0.3 is 19.9 Å². The number of esters is 1. The van der Waals surface area contributed by atoms with Crippen LogP contribution in [-0.4, -0.2) is 63.0 Å². The SMILES string of the molecule is COC(=O)CCC(=O)N1CCCC(Nc2ccnc(-c3c[nH]c4ncc(Cl)cc34)n2)C1. The monoisotopic (exact) mass is 442 g/mol. The second-order valence-corrected chi connectivity index (χ2v) is 7.85. The van der Waals surface area contributed by atoms with Gasteiger partial charge in [0.25, 0.3) is 0 Å². The number of hydrogen-bond acceptors (Lipinski definition) is 7. The molecule has 0 bridgehead atoms. The number of carbonyl (C=O) groups is 2. The molecule has 4 rings (SSSR count). The number of nitrogens with zero attached hydrogens (tertiary/aromatic N) is 4. The van der Waals surface area contributed by atoms with Gasteiger partial charge in [-0.05, 0) is 25.0 Å². The number of aromatic nitrogens is 4. The summed E-state index contributed by atoms with van der Waals surface area (Å²) in [5.74, 6) is 0.830. The predicted octanol–water partition coefficient (Wildman–Crippen LogP) is 3.03. The number of aromatic amines is 1. The number of rotatable bonds is 6.